The van der Waals surface area contributed by atoms with Gasteiger partial charge in [-0.2, -0.15) is 0 Å². The minimum Gasteiger partial charge on any atom is -0.510 e. The molecule has 1 aromatic heterocycles. The highest BCUT2D eigenvalue weighted by atomic mass is 32.2. The molecule has 0 aliphatic carbocycles. The van der Waals surface area contributed by atoms with Gasteiger partial charge in [-0.3, -0.25) is 5.41 Å². The van der Waals surface area contributed by atoms with Crippen LogP contribution in [0.3, 0.4) is 0 Å². The third-order valence-electron chi connectivity index (χ3n) is 4.98. The molecular formula is C21H20N4O5S2. The molecule has 2 aromatic carbocycles. The summed E-state index contributed by atoms with van der Waals surface area (Å²) in [4.78, 5) is 6.15. The van der Waals surface area contributed by atoms with Crippen molar-refractivity contribution in [1.82, 2.24) is 4.98 Å². The van der Waals surface area contributed by atoms with Crippen molar-refractivity contribution in [2.75, 3.05) is 25.7 Å². The van der Waals surface area contributed by atoms with Crippen LogP contribution in [0.25, 0.3) is 16.8 Å². The number of hydrogen-bond donors (Lipinski definition) is 3. The Balaban J connectivity index is 1.61. The Labute approximate surface area is 188 Å². The van der Waals surface area contributed by atoms with Gasteiger partial charge in [0.25, 0.3) is 0 Å². The molecule has 0 fully saturated rings. The number of rotatable bonds is 6. The van der Waals surface area contributed by atoms with E-state index in [9.17, 15) is 13.5 Å². The zero-order valence-corrected chi connectivity index (χ0v) is 18.8. The highest BCUT2D eigenvalue weighted by molar-refractivity contribution is 7.89. The van der Waals surface area contributed by atoms with E-state index in [1.54, 1.807) is 37.3 Å². The number of nitrogens with two attached hydrogens (primary N) is 1. The Morgan fingerprint density at radius 1 is 1.12 bits per heavy atom. The molecule has 0 radical (unpaired) electrons. The molecule has 0 unspecified atom stereocenters. The molecule has 0 amide bonds. The molecule has 32 heavy (non-hydrogen) atoms. The molecule has 0 saturated carbocycles. The van der Waals surface area contributed by atoms with Gasteiger partial charge in [-0.15, -0.1) is 11.3 Å². The van der Waals surface area contributed by atoms with Gasteiger partial charge in [0, 0.05) is 16.6 Å². The van der Waals surface area contributed by atoms with Crippen LogP contribution in [0.5, 0.6) is 11.5 Å². The van der Waals surface area contributed by atoms with Crippen LogP contribution in [-0.4, -0.2) is 45.1 Å². The number of aromatic nitrogens is 1. The molecule has 11 heteroatoms. The van der Waals surface area contributed by atoms with Gasteiger partial charge < -0.3 is 19.5 Å². The van der Waals surface area contributed by atoms with Crippen molar-refractivity contribution < 1.29 is 23.0 Å². The molecule has 0 bridgehead atoms. The van der Waals surface area contributed by atoms with E-state index in [2.05, 4.69) is 4.98 Å². The minimum atomic E-state index is -3.81. The van der Waals surface area contributed by atoms with Crippen molar-refractivity contribution >= 4 is 38.5 Å². The third kappa shape index (κ3) is 3.93. The van der Waals surface area contributed by atoms with E-state index >= 15 is 0 Å². The summed E-state index contributed by atoms with van der Waals surface area (Å²) in [6, 6.07) is 11.3. The van der Waals surface area contributed by atoms with Crippen molar-refractivity contribution in [1.29, 1.82) is 5.41 Å². The van der Waals surface area contributed by atoms with Crippen LogP contribution in [0.4, 0.5) is 5.69 Å². The number of hydrogen-bond acceptors (Lipinski definition) is 8. The largest absolute Gasteiger partial charge is 0.510 e. The van der Waals surface area contributed by atoms with Gasteiger partial charge in [0.05, 0.1) is 36.9 Å². The second-order valence-electron chi connectivity index (χ2n) is 6.90. The number of methoxy groups -OCH3 is 2. The van der Waals surface area contributed by atoms with Crippen molar-refractivity contribution in [3.05, 3.63) is 58.6 Å². The fourth-order valence-electron chi connectivity index (χ4n) is 3.36. The lowest BCUT2D eigenvalue weighted by molar-refractivity contribution is 0.355. The van der Waals surface area contributed by atoms with E-state index in [0.29, 0.717) is 33.5 Å². The summed E-state index contributed by atoms with van der Waals surface area (Å²) in [5.41, 5.74) is 2.37. The number of thiazole rings is 1. The Kier molecular flexibility index (Phi) is 5.63. The van der Waals surface area contributed by atoms with Crippen molar-refractivity contribution in [2.45, 2.75) is 4.90 Å². The number of benzene rings is 2. The molecule has 4 N–H and O–H groups in total. The van der Waals surface area contributed by atoms with Crippen molar-refractivity contribution in [3.63, 3.8) is 0 Å². The van der Waals surface area contributed by atoms with Crippen LogP contribution in [0, 0.1) is 5.41 Å². The predicted octanol–water partition coefficient (Wildman–Crippen LogP) is 3.24. The van der Waals surface area contributed by atoms with E-state index in [1.807, 2.05) is 17.5 Å². The Morgan fingerprint density at radius 2 is 1.81 bits per heavy atom. The summed E-state index contributed by atoms with van der Waals surface area (Å²) in [5.74, 6) is 1.26. The number of sulfonamides is 1. The summed E-state index contributed by atoms with van der Waals surface area (Å²) >= 11 is 1.31. The van der Waals surface area contributed by atoms with Crippen LogP contribution < -0.4 is 19.5 Å². The maximum absolute atomic E-state index is 11.5. The fourth-order valence-corrected chi connectivity index (χ4v) is 4.77. The van der Waals surface area contributed by atoms with E-state index in [0.717, 1.165) is 5.56 Å². The first-order valence-corrected chi connectivity index (χ1v) is 11.7. The minimum absolute atomic E-state index is 0.0127. The van der Waals surface area contributed by atoms with Crippen LogP contribution in [-0.2, 0) is 10.0 Å². The summed E-state index contributed by atoms with van der Waals surface area (Å²) in [6.07, 6.45) is 0. The zero-order chi connectivity index (χ0) is 23.0. The van der Waals surface area contributed by atoms with Crippen LogP contribution in [0.1, 0.15) is 5.01 Å². The summed E-state index contributed by atoms with van der Waals surface area (Å²) in [7, 11) is -0.692. The van der Waals surface area contributed by atoms with Gasteiger partial charge in [0.15, 0.2) is 11.5 Å². The number of primary sulfonamides is 1. The second kappa shape index (κ2) is 8.26. The van der Waals surface area contributed by atoms with Crippen LogP contribution in [0.2, 0.25) is 0 Å². The van der Waals surface area contributed by atoms with Crippen molar-refractivity contribution in [3.8, 4) is 22.8 Å². The number of amidine groups is 1. The Bertz CT molecular complexity index is 1330. The average molecular weight is 473 g/mol. The molecule has 0 saturated heterocycles. The first-order chi connectivity index (χ1) is 15.2. The normalized spacial score (nSPS) is 14.2. The van der Waals surface area contributed by atoms with Crippen LogP contribution in [0.15, 0.2) is 58.5 Å². The van der Waals surface area contributed by atoms with Gasteiger partial charge in [-0.25, -0.2) is 18.5 Å². The van der Waals surface area contributed by atoms with Crippen molar-refractivity contribution in [2.24, 2.45) is 5.14 Å². The van der Waals surface area contributed by atoms with E-state index < -0.39 is 10.0 Å². The Morgan fingerprint density at radius 3 is 2.44 bits per heavy atom. The lowest BCUT2D eigenvalue weighted by Crippen LogP contribution is -2.26. The fraction of sp³-hybridized carbons (Fsp3) is 0.143. The molecule has 4 rings (SSSR count). The first kappa shape index (κ1) is 21.8. The van der Waals surface area contributed by atoms with Gasteiger partial charge in [-0.1, -0.05) is 0 Å². The zero-order valence-electron chi connectivity index (χ0n) is 17.2. The second-order valence-corrected chi connectivity index (χ2v) is 9.32. The van der Waals surface area contributed by atoms with E-state index in [1.165, 1.54) is 23.5 Å². The predicted molar refractivity (Wildman–Crippen MR) is 123 cm³/mol. The topological polar surface area (TPSA) is 139 Å². The maximum atomic E-state index is 11.5. The highest BCUT2D eigenvalue weighted by Crippen LogP contribution is 2.36. The van der Waals surface area contributed by atoms with Gasteiger partial charge >= 0.3 is 0 Å². The van der Waals surface area contributed by atoms with Gasteiger partial charge in [0.2, 0.25) is 10.0 Å². The van der Waals surface area contributed by atoms with E-state index in [4.69, 9.17) is 20.0 Å². The third-order valence-corrected chi connectivity index (χ3v) is 6.77. The molecule has 2 heterocycles. The lowest BCUT2D eigenvalue weighted by Gasteiger charge is -2.18. The molecule has 166 valence electrons. The molecule has 3 aromatic rings. The number of ether oxygens (including phenoxy) is 2. The standard InChI is InChI=1S/C21H20N4O5S2/c1-29-17-8-3-12(9-18(17)30-2)15-11-31-21(24-15)19-16(26)10-25(20(19)22)13-4-6-14(7-5-13)32(23,27)28/h3-9,11,22,26H,10H2,1-2H3,(H2,23,27,28). The van der Waals surface area contributed by atoms with E-state index in [-0.39, 0.29) is 23.0 Å². The SMILES string of the molecule is COc1ccc(-c2csc(C3=C(O)CN(c4ccc(S(N)(=O)=O)cc4)C3=N)n2)cc1OC. The lowest BCUT2D eigenvalue weighted by atomic mass is 10.1. The Hall–Kier alpha value is -3.41. The molecule has 1 aliphatic rings. The summed E-state index contributed by atoms with van der Waals surface area (Å²) in [5, 5.41) is 26.6. The number of anilines is 1. The first-order valence-electron chi connectivity index (χ1n) is 9.32. The van der Waals surface area contributed by atoms with Gasteiger partial charge in [0.1, 0.15) is 16.6 Å². The molecule has 0 atom stereocenters. The number of nitrogens with one attached hydrogen (secondary N) is 1. The summed E-state index contributed by atoms with van der Waals surface area (Å²) in [6.45, 7) is 0.0775. The molecular weight excluding hydrogens is 452 g/mol. The molecule has 1 aliphatic heterocycles. The highest BCUT2D eigenvalue weighted by Gasteiger charge is 2.31. The number of aliphatic hydroxyl groups excluding tert-OH is 1. The monoisotopic (exact) mass is 472 g/mol. The van der Waals surface area contributed by atoms with Crippen LogP contribution >= 0.6 is 11.3 Å². The molecule has 0 spiro atoms. The summed E-state index contributed by atoms with van der Waals surface area (Å²) < 4.78 is 33.5. The average Bonchev–Trinajstić information content (AvgIpc) is 3.36. The number of nitrogens with zero attached hydrogens (tertiary/aromatic N) is 2. The quantitative estimate of drug-likeness (QED) is 0.500. The number of aliphatic hydroxyl groups is 1. The smallest absolute Gasteiger partial charge is 0.238 e. The van der Waals surface area contributed by atoms with Gasteiger partial charge in [-0.05, 0) is 42.5 Å². The molecule has 9 nitrogen and oxygen atoms in total. The maximum Gasteiger partial charge on any atom is 0.238 e.